The van der Waals surface area contributed by atoms with E-state index in [0.29, 0.717) is 12.8 Å². The molecule has 61 heavy (non-hydrogen) atoms. The lowest BCUT2D eigenvalue weighted by Crippen LogP contribution is -2.64. The molecule has 1 rings (SSSR count). The van der Waals surface area contributed by atoms with Gasteiger partial charge in [-0.1, -0.05) is 154 Å². The molecule has 1 aliphatic rings. The van der Waals surface area contributed by atoms with Gasteiger partial charge in [-0.3, -0.25) is 23.2 Å². The van der Waals surface area contributed by atoms with E-state index >= 15 is 0 Å². The summed E-state index contributed by atoms with van der Waals surface area (Å²) < 4.78 is 49.3. The molecule has 0 bridgehead atoms. The minimum Gasteiger partial charge on any atom is -0.462 e. The van der Waals surface area contributed by atoms with Crippen molar-refractivity contribution in [1.29, 1.82) is 0 Å². The predicted molar refractivity (Wildman–Crippen MR) is 232 cm³/mol. The molecule has 1 saturated carbocycles. The van der Waals surface area contributed by atoms with E-state index < -0.39 is 83.5 Å². The number of phosphoric acid groups is 2. The average Bonchev–Trinajstić information content (AvgIpc) is 3.21. The van der Waals surface area contributed by atoms with Crippen molar-refractivity contribution in [3.05, 3.63) is 12.2 Å². The highest BCUT2D eigenvalue weighted by molar-refractivity contribution is 7.47. The zero-order valence-electron chi connectivity index (χ0n) is 37.1. The molecule has 0 aromatic heterocycles. The highest BCUT2D eigenvalue weighted by Crippen LogP contribution is 2.49. The Morgan fingerprint density at radius 2 is 0.902 bits per heavy atom. The van der Waals surface area contributed by atoms with Gasteiger partial charge >= 0.3 is 27.6 Å². The number of carbonyl (C=O) groups excluding carboxylic acids is 2. The summed E-state index contributed by atoms with van der Waals surface area (Å²) in [5.74, 6) is -1.21. The maximum Gasteiger partial charge on any atom is 0.472 e. The highest BCUT2D eigenvalue weighted by Gasteiger charge is 2.54. The zero-order chi connectivity index (χ0) is 45.4. The number of phosphoric ester groups is 2. The topological polar surface area (TPSA) is 256 Å². The second-order valence-corrected chi connectivity index (χ2v) is 19.1. The number of aliphatic hydroxyl groups excluding tert-OH is 4. The van der Waals surface area contributed by atoms with Crippen LogP contribution in [0.5, 0.6) is 0 Å². The van der Waals surface area contributed by atoms with Gasteiger partial charge in [0.05, 0.1) is 6.61 Å². The summed E-state index contributed by atoms with van der Waals surface area (Å²) in [6.07, 6.45) is 18.9. The van der Waals surface area contributed by atoms with Crippen LogP contribution in [0.25, 0.3) is 0 Å². The molecule has 18 heteroatoms. The van der Waals surface area contributed by atoms with Crippen LogP contribution in [0.3, 0.4) is 0 Å². The third-order valence-electron chi connectivity index (χ3n) is 10.8. The van der Waals surface area contributed by atoms with E-state index in [-0.39, 0.29) is 12.8 Å². The van der Waals surface area contributed by atoms with Crippen molar-refractivity contribution >= 4 is 27.6 Å². The molecule has 0 amide bonds. The number of rotatable bonds is 39. The Hall–Kier alpha value is -1.26. The number of hydrogen-bond acceptors (Lipinski definition) is 13. The van der Waals surface area contributed by atoms with Crippen molar-refractivity contribution < 1.29 is 76.9 Å². The molecule has 360 valence electrons. The number of allylic oxidation sites excluding steroid dienone is 2. The molecular weight excluding hydrogens is 834 g/mol. The lowest BCUT2D eigenvalue weighted by atomic mass is 9.85. The van der Waals surface area contributed by atoms with Crippen molar-refractivity contribution in [3.8, 4) is 0 Å². The van der Waals surface area contributed by atoms with Gasteiger partial charge in [0.25, 0.3) is 0 Å². The van der Waals surface area contributed by atoms with Crippen LogP contribution in [0, 0.1) is 0 Å². The van der Waals surface area contributed by atoms with Gasteiger partial charge in [0.1, 0.15) is 43.2 Å². The highest BCUT2D eigenvalue weighted by atomic mass is 31.2. The van der Waals surface area contributed by atoms with Gasteiger partial charge in [0, 0.05) is 12.8 Å². The summed E-state index contributed by atoms with van der Waals surface area (Å²) in [5, 5.41) is 41.2. The van der Waals surface area contributed by atoms with Crippen molar-refractivity contribution in [1.82, 2.24) is 0 Å². The third-order valence-corrected chi connectivity index (χ3v) is 12.3. The third kappa shape index (κ3) is 29.7. The van der Waals surface area contributed by atoms with Crippen molar-refractivity contribution in [2.75, 3.05) is 13.2 Å². The Labute approximate surface area is 365 Å². The molecule has 1 aliphatic carbocycles. The largest absolute Gasteiger partial charge is 0.472 e. The first-order valence-corrected chi connectivity index (χ1v) is 26.3. The number of esters is 2. The van der Waals surface area contributed by atoms with Crippen LogP contribution in [0.4, 0.5) is 0 Å². The fraction of sp³-hybridized carbons (Fsp3) is 0.907. The summed E-state index contributed by atoms with van der Waals surface area (Å²) in [7, 11) is -10.7. The van der Waals surface area contributed by atoms with Crippen LogP contribution in [0.15, 0.2) is 12.2 Å². The zero-order valence-corrected chi connectivity index (χ0v) is 38.9. The Bertz CT molecular complexity index is 1250. The molecule has 7 N–H and O–H groups in total. The first-order chi connectivity index (χ1) is 29.1. The molecule has 0 aromatic carbocycles. The van der Waals surface area contributed by atoms with E-state index in [1.165, 1.54) is 89.9 Å². The predicted octanol–water partition coefficient (Wildman–Crippen LogP) is 8.40. The molecule has 16 nitrogen and oxygen atoms in total. The van der Waals surface area contributed by atoms with Crippen molar-refractivity contribution in [2.45, 2.75) is 236 Å². The summed E-state index contributed by atoms with van der Waals surface area (Å²) in [6, 6.07) is 0. The second kappa shape index (κ2) is 35.1. The van der Waals surface area contributed by atoms with Gasteiger partial charge in [-0.2, -0.15) is 0 Å². The van der Waals surface area contributed by atoms with E-state index in [1.807, 2.05) is 0 Å². The molecule has 0 aromatic rings. The van der Waals surface area contributed by atoms with E-state index in [4.69, 9.17) is 28.3 Å². The first kappa shape index (κ1) is 57.8. The maximum absolute atomic E-state index is 13.0. The summed E-state index contributed by atoms with van der Waals surface area (Å²) in [6.45, 7) is 3.09. The van der Waals surface area contributed by atoms with Crippen LogP contribution in [0.2, 0.25) is 0 Å². The van der Waals surface area contributed by atoms with Crippen LogP contribution in [-0.2, 0) is 41.8 Å². The second-order valence-electron chi connectivity index (χ2n) is 16.5. The van der Waals surface area contributed by atoms with Crippen LogP contribution in [-0.4, -0.2) is 103 Å². The quantitative estimate of drug-likeness (QED) is 0.0132. The summed E-state index contributed by atoms with van der Waals surface area (Å²) in [4.78, 5) is 54.2. The lowest BCUT2D eigenvalue weighted by molar-refractivity contribution is -0.216. The van der Waals surface area contributed by atoms with Crippen LogP contribution >= 0.6 is 15.6 Å². The van der Waals surface area contributed by atoms with E-state index in [9.17, 15) is 44.0 Å². The van der Waals surface area contributed by atoms with E-state index in [1.54, 1.807) is 0 Å². The normalized spacial score (nSPS) is 22.3. The fourth-order valence-electron chi connectivity index (χ4n) is 7.20. The maximum atomic E-state index is 13.0. The standard InChI is InChI=1S/C43H82O16P2/c1-3-5-7-9-11-13-15-17-18-20-21-23-25-27-29-31-36(44)55-33-35(57-37(45)32-30-28-26-24-22-19-16-14-12-10-8-6-4-2)34-56-61(53,54)59-43-40(48)38(46)39(47)42(41(43)49)58-60(50,51)52/h14,16,35,38-43,46-49H,3-13,15,17-34H2,1-2H3,(H,53,54)(H2,50,51,52). The molecule has 0 aliphatic heterocycles. The first-order valence-electron chi connectivity index (χ1n) is 23.2. The van der Waals surface area contributed by atoms with Gasteiger partial charge in [0.2, 0.25) is 0 Å². The minimum absolute atomic E-state index is 0.0378. The lowest BCUT2D eigenvalue weighted by Gasteiger charge is -2.43. The van der Waals surface area contributed by atoms with Gasteiger partial charge in [0.15, 0.2) is 6.10 Å². The molecule has 0 heterocycles. The van der Waals surface area contributed by atoms with Crippen LogP contribution < -0.4 is 0 Å². The molecule has 0 saturated heterocycles. The van der Waals surface area contributed by atoms with E-state index in [2.05, 4.69) is 30.5 Å². The van der Waals surface area contributed by atoms with Gasteiger partial charge in [-0.25, -0.2) is 9.13 Å². The molecular formula is C43H82O16P2. The number of carbonyl (C=O) groups is 2. The van der Waals surface area contributed by atoms with Crippen molar-refractivity contribution in [3.63, 3.8) is 0 Å². The summed E-state index contributed by atoms with van der Waals surface area (Å²) in [5.41, 5.74) is 0. The van der Waals surface area contributed by atoms with E-state index in [0.717, 1.165) is 64.2 Å². The summed E-state index contributed by atoms with van der Waals surface area (Å²) >= 11 is 0. The number of unbranched alkanes of at least 4 members (excludes halogenated alkanes) is 23. The fourth-order valence-corrected chi connectivity index (χ4v) is 8.74. The molecule has 8 atom stereocenters. The minimum atomic E-state index is -5.36. The Kier molecular flexibility index (Phi) is 33.2. The Morgan fingerprint density at radius 1 is 0.508 bits per heavy atom. The number of aliphatic hydroxyl groups is 4. The van der Waals surface area contributed by atoms with Gasteiger partial charge in [-0.15, -0.1) is 0 Å². The molecule has 1 fully saturated rings. The Balaban J connectivity index is 2.60. The van der Waals surface area contributed by atoms with Crippen LogP contribution in [0.1, 0.15) is 194 Å². The Morgan fingerprint density at radius 3 is 1.36 bits per heavy atom. The van der Waals surface area contributed by atoms with Gasteiger partial charge in [-0.05, 0) is 38.5 Å². The number of ether oxygens (including phenoxy) is 2. The molecule has 8 unspecified atom stereocenters. The SMILES string of the molecule is CCCCCCC=CCCCCCCCC(=O)OC(COC(=O)CCCCCCCCCCCCCCCCC)COP(=O)(O)OC1C(O)C(O)C(O)C(OP(=O)(O)O)C1O. The smallest absolute Gasteiger partial charge is 0.462 e. The molecule has 0 spiro atoms. The van der Waals surface area contributed by atoms with Gasteiger partial charge < -0.3 is 44.6 Å². The monoisotopic (exact) mass is 917 g/mol. The van der Waals surface area contributed by atoms with Crippen molar-refractivity contribution in [2.24, 2.45) is 0 Å². The average molecular weight is 917 g/mol. The molecule has 0 radical (unpaired) electrons. The number of hydrogen-bond donors (Lipinski definition) is 7.